The quantitative estimate of drug-likeness (QED) is 0.415. The molecule has 3 rings (SSSR count). The third kappa shape index (κ3) is 4.24. The summed E-state index contributed by atoms with van der Waals surface area (Å²) in [6.45, 7) is 5.40. The molecule has 3 aromatic rings. The zero-order valence-corrected chi connectivity index (χ0v) is 15.3. The van der Waals surface area contributed by atoms with Gasteiger partial charge in [0.05, 0.1) is 0 Å². The van der Waals surface area contributed by atoms with Crippen LogP contribution in [0.2, 0.25) is 0 Å². The highest BCUT2D eigenvalue weighted by molar-refractivity contribution is 5.88. The first-order valence-electron chi connectivity index (χ1n) is 8.86. The first-order valence-corrected chi connectivity index (χ1v) is 8.86. The van der Waals surface area contributed by atoms with Gasteiger partial charge in [0.2, 0.25) is 0 Å². The van der Waals surface area contributed by atoms with Crippen LogP contribution >= 0.6 is 0 Å². The predicted octanol–water partition coefficient (Wildman–Crippen LogP) is 5.76. The molecular formula is C25H22O2. The number of carbonyl (C=O) groups is 1. The lowest BCUT2D eigenvalue weighted by atomic mass is 9.85. The van der Waals surface area contributed by atoms with Crippen molar-refractivity contribution in [1.82, 2.24) is 0 Å². The molecule has 0 aliphatic rings. The Kier molecular flexibility index (Phi) is 5.68. The predicted molar refractivity (Wildman–Crippen MR) is 110 cm³/mol. The van der Waals surface area contributed by atoms with Crippen LogP contribution in [0.5, 0.6) is 0 Å². The van der Waals surface area contributed by atoms with Gasteiger partial charge < -0.3 is 4.74 Å². The van der Waals surface area contributed by atoms with E-state index in [1.807, 2.05) is 103 Å². The van der Waals surface area contributed by atoms with Gasteiger partial charge in [-0.15, -0.1) is 0 Å². The number of ether oxygens (including phenoxy) is 1. The van der Waals surface area contributed by atoms with Crippen molar-refractivity contribution in [2.75, 3.05) is 0 Å². The number of rotatable bonds is 6. The normalized spacial score (nSPS) is 11.3. The fraction of sp³-hybridized carbons (Fsp3) is 0.0800. The third-order valence-electron chi connectivity index (χ3n) is 4.32. The van der Waals surface area contributed by atoms with E-state index >= 15 is 0 Å². The molecule has 0 fully saturated rings. The second kappa shape index (κ2) is 8.33. The Labute approximate surface area is 160 Å². The SMILES string of the molecule is C=C(C)C(=O)OC(/C=C/c1ccccc1)(c1ccccc1)c1ccccc1. The number of benzene rings is 3. The van der Waals surface area contributed by atoms with Crippen molar-refractivity contribution in [3.8, 4) is 0 Å². The van der Waals surface area contributed by atoms with Gasteiger partial charge in [-0.1, -0.05) is 104 Å². The van der Waals surface area contributed by atoms with Crippen molar-refractivity contribution >= 4 is 12.0 Å². The van der Waals surface area contributed by atoms with Gasteiger partial charge in [0, 0.05) is 16.7 Å². The summed E-state index contributed by atoms with van der Waals surface area (Å²) in [5.41, 5.74) is 2.09. The molecule has 0 spiro atoms. The Morgan fingerprint density at radius 3 is 1.70 bits per heavy atom. The zero-order valence-electron chi connectivity index (χ0n) is 15.3. The van der Waals surface area contributed by atoms with Crippen LogP contribution in [-0.4, -0.2) is 5.97 Å². The lowest BCUT2D eigenvalue weighted by Gasteiger charge is -2.32. The first kappa shape index (κ1) is 18.4. The minimum Gasteiger partial charge on any atom is -0.442 e. The molecule has 2 heteroatoms. The third-order valence-corrected chi connectivity index (χ3v) is 4.32. The first-order chi connectivity index (χ1) is 13.1. The van der Waals surface area contributed by atoms with E-state index in [9.17, 15) is 4.79 Å². The van der Waals surface area contributed by atoms with Crippen LogP contribution in [0, 0.1) is 0 Å². The standard InChI is InChI=1S/C25H22O2/c1-20(2)24(26)27-25(22-14-8-4-9-15-22,23-16-10-5-11-17-23)19-18-21-12-6-3-7-13-21/h3-19H,1H2,2H3/b19-18+. The molecule has 0 atom stereocenters. The summed E-state index contributed by atoms with van der Waals surface area (Å²) < 4.78 is 6.07. The van der Waals surface area contributed by atoms with Crippen molar-refractivity contribution < 1.29 is 9.53 Å². The molecule has 0 heterocycles. The van der Waals surface area contributed by atoms with Gasteiger partial charge >= 0.3 is 5.97 Å². The number of carbonyl (C=O) groups excluding carboxylic acids is 1. The van der Waals surface area contributed by atoms with E-state index in [1.165, 1.54) is 0 Å². The van der Waals surface area contributed by atoms with Crippen LogP contribution in [0.15, 0.2) is 109 Å². The summed E-state index contributed by atoms with van der Waals surface area (Å²) in [4.78, 5) is 12.6. The van der Waals surface area contributed by atoms with E-state index in [4.69, 9.17) is 4.74 Å². The van der Waals surface area contributed by atoms with Gasteiger partial charge in [-0.3, -0.25) is 0 Å². The summed E-state index contributed by atoms with van der Waals surface area (Å²) in [5.74, 6) is -0.430. The van der Waals surface area contributed by atoms with Crippen molar-refractivity contribution in [3.05, 3.63) is 126 Å². The Morgan fingerprint density at radius 2 is 1.26 bits per heavy atom. The van der Waals surface area contributed by atoms with Gasteiger partial charge in [-0.05, 0) is 18.6 Å². The highest BCUT2D eigenvalue weighted by Crippen LogP contribution is 2.36. The molecular weight excluding hydrogens is 332 g/mol. The summed E-state index contributed by atoms with van der Waals surface area (Å²) >= 11 is 0. The van der Waals surface area contributed by atoms with Gasteiger partial charge in [0.15, 0.2) is 5.60 Å². The van der Waals surface area contributed by atoms with E-state index in [-0.39, 0.29) is 0 Å². The highest BCUT2D eigenvalue weighted by atomic mass is 16.6. The maximum absolute atomic E-state index is 12.6. The monoisotopic (exact) mass is 354 g/mol. The second-order valence-electron chi connectivity index (χ2n) is 6.38. The van der Waals surface area contributed by atoms with Crippen molar-refractivity contribution in [2.24, 2.45) is 0 Å². The lowest BCUT2D eigenvalue weighted by molar-refractivity contribution is -0.147. The van der Waals surface area contributed by atoms with E-state index in [2.05, 4.69) is 6.58 Å². The minimum absolute atomic E-state index is 0.361. The maximum Gasteiger partial charge on any atom is 0.334 e. The molecule has 0 bridgehead atoms. The summed E-state index contributed by atoms with van der Waals surface area (Å²) in [6.07, 6.45) is 3.92. The maximum atomic E-state index is 12.6. The molecule has 0 saturated heterocycles. The molecule has 3 aromatic carbocycles. The van der Waals surface area contributed by atoms with Gasteiger partial charge in [-0.2, -0.15) is 0 Å². The summed E-state index contributed by atoms with van der Waals surface area (Å²) in [6, 6.07) is 29.5. The molecule has 0 aromatic heterocycles. The van der Waals surface area contributed by atoms with Gasteiger partial charge in [0.1, 0.15) is 0 Å². The fourth-order valence-electron chi connectivity index (χ4n) is 2.89. The topological polar surface area (TPSA) is 26.3 Å². The van der Waals surface area contributed by atoms with E-state index in [0.29, 0.717) is 5.57 Å². The summed E-state index contributed by atoms with van der Waals surface area (Å²) in [7, 11) is 0. The largest absolute Gasteiger partial charge is 0.442 e. The van der Waals surface area contributed by atoms with Crippen LogP contribution in [0.1, 0.15) is 23.6 Å². The fourth-order valence-corrected chi connectivity index (χ4v) is 2.89. The Balaban J connectivity index is 2.19. The molecule has 0 saturated carbocycles. The molecule has 0 aliphatic heterocycles. The molecule has 0 unspecified atom stereocenters. The van der Waals surface area contributed by atoms with Crippen LogP contribution < -0.4 is 0 Å². The van der Waals surface area contributed by atoms with Crippen molar-refractivity contribution in [2.45, 2.75) is 12.5 Å². The van der Waals surface area contributed by atoms with Crippen LogP contribution in [0.4, 0.5) is 0 Å². The average molecular weight is 354 g/mol. The molecule has 0 N–H and O–H groups in total. The molecule has 0 radical (unpaired) electrons. The van der Waals surface area contributed by atoms with Gasteiger partial charge in [0.25, 0.3) is 0 Å². The van der Waals surface area contributed by atoms with Crippen LogP contribution in [-0.2, 0) is 15.1 Å². The average Bonchev–Trinajstić information content (AvgIpc) is 2.73. The highest BCUT2D eigenvalue weighted by Gasteiger charge is 2.36. The van der Waals surface area contributed by atoms with E-state index in [0.717, 1.165) is 16.7 Å². The molecule has 0 amide bonds. The number of esters is 1. The zero-order chi connectivity index (χ0) is 19.1. The molecule has 27 heavy (non-hydrogen) atoms. The lowest BCUT2D eigenvalue weighted by Crippen LogP contribution is -2.32. The van der Waals surface area contributed by atoms with Crippen LogP contribution in [0.3, 0.4) is 0 Å². The minimum atomic E-state index is -1.05. The molecule has 0 aliphatic carbocycles. The smallest absolute Gasteiger partial charge is 0.334 e. The van der Waals surface area contributed by atoms with E-state index < -0.39 is 11.6 Å². The number of hydrogen-bond acceptors (Lipinski definition) is 2. The van der Waals surface area contributed by atoms with Crippen molar-refractivity contribution in [1.29, 1.82) is 0 Å². The van der Waals surface area contributed by atoms with Crippen LogP contribution in [0.25, 0.3) is 6.08 Å². The molecule has 134 valence electrons. The Hall–Kier alpha value is -3.39. The Bertz CT molecular complexity index is 886. The van der Waals surface area contributed by atoms with E-state index in [1.54, 1.807) is 6.92 Å². The van der Waals surface area contributed by atoms with Crippen molar-refractivity contribution in [3.63, 3.8) is 0 Å². The number of hydrogen-bond donors (Lipinski definition) is 0. The summed E-state index contributed by atoms with van der Waals surface area (Å²) in [5, 5.41) is 0. The second-order valence-corrected chi connectivity index (χ2v) is 6.38. The van der Waals surface area contributed by atoms with Gasteiger partial charge in [-0.25, -0.2) is 4.79 Å². The Morgan fingerprint density at radius 1 is 0.815 bits per heavy atom. The molecule has 2 nitrogen and oxygen atoms in total.